The average molecular weight is 380 g/mol. The van der Waals surface area contributed by atoms with Crippen molar-refractivity contribution in [3.63, 3.8) is 0 Å². The summed E-state index contributed by atoms with van der Waals surface area (Å²) in [6.07, 6.45) is 3.28. The zero-order chi connectivity index (χ0) is 19.8. The summed E-state index contributed by atoms with van der Waals surface area (Å²) in [7, 11) is 4.62. The second kappa shape index (κ2) is 6.69. The maximum absolute atomic E-state index is 11.4. The van der Waals surface area contributed by atoms with Crippen molar-refractivity contribution >= 4 is 22.2 Å². The fraction of sp³-hybridized carbons (Fsp3) is 0.158. The summed E-state index contributed by atoms with van der Waals surface area (Å²) in [6.45, 7) is 0. The maximum atomic E-state index is 11.4. The van der Waals surface area contributed by atoms with E-state index in [1.54, 1.807) is 55.4 Å². The molecular formula is C19H16N4O5. The highest BCUT2D eigenvalue weighted by Crippen LogP contribution is 2.35. The summed E-state index contributed by atoms with van der Waals surface area (Å²) in [5, 5.41) is 16.7. The van der Waals surface area contributed by atoms with Gasteiger partial charge < -0.3 is 14.2 Å². The van der Waals surface area contributed by atoms with Crippen LogP contribution in [0.4, 0.5) is 5.69 Å². The van der Waals surface area contributed by atoms with Crippen LogP contribution >= 0.6 is 0 Å². The quantitative estimate of drug-likeness (QED) is 0.386. The molecule has 0 saturated heterocycles. The van der Waals surface area contributed by atoms with Crippen LogP contribution in [0.2, 0.25) is 0 Å². The van der Waals surface area contributed by atoms with Gasteiger partial charge in [-0.15, -0.1) is 0 Å². The molecule has 4 aromatic rings. The number of hydrogen-bond acceptors (Lipinski definition) is 7. The number of benzene rings is 2. The molecule has 0 aliphatic rings. The lowest BCUT2D eigenvalue weighted by molar-refractivity contribution is -0.384. The minimum atomic E-state index is -0.436. The topological polar surface area (TPSA) is 101 Å². The fourth-order valence-electron chi connectivity index (χ4n) is 3.10. The largest absolute Gasteiger partial charge is 0.497 e. The molecule has 0 N–H and O–H groups in total. The highest BCUT2D eigenvalue weighted by atomic mass is 16.6. The molecule has 0 atom stereocenters. The molecule has 0 unspecified atom stereocenters. The van der Waals surface area contributed by atoms with Crippen LogP contribution in [0.1, 0.15) is 0 Å². The Morgan fingerprint density at radius 3 is 2.46 bits per heavy atom. The molecule has 0 aliphatic carbocycles. The van der Waals surface area contributed by atoms with Gasteiger partial charge in [-0.2, -0.15) is 5.10 Å². The normalized spacial score (nSPS) is 11.0. The molecule has 4 rings (SSSR count). The van der Waals surface area contributed by atoms with E-state index in [1.165, 1.54) is 13.2 Å². The molecule has 0 amide bonds. The van der Waals surface area contributed by atoms with E-state index in [-0.39, 0.29) is 5.69 Å². The zero-order valence-corrected chi connectivity index (χ0v) is 15.4. The number of nitrogens with zero attached hydrogens (tertiary/aromatic N) is 4. The SMILES string of the molecule is COc1ccc([N+](=O)[O-])c(-c2cnc3c4cc(OC)c(OC)cc4nn3c2)c1. The predicted molar refractivity (Wildman–Crippen MR) is 102 cm³/mol. The molecular weight excluding hydrogens is 364 g/mol. The molecule has 0 saturated carbocycles. The van der Waals surface area contributed by atoms with E-state index in [1.807, 2.05) is 0 Å². The van der Waals surface area contributed by atoms with Crippen LogP contribution in [-0.4, -0.2) is 40.9 Å². The maximum Gasteiger partial charge on any atom is 0.277 e. The number of nitro benzene ring substituents is 1. The third-order valence-electron chi connectivity index (χ3n) is 4.47. The van der Waals surface area contributed by atoms with Crippen molar-refractivity contribution in [3.05, 3.63) is 52.8 Å². The second-order valence-electron chi connectivity index (χ2n) is 5.98. The third-order valence-corrected chi connectivity index (χ3v) is 4.47. The van der Waals surface area contributed by atoms with Crippen molar-refractivity contribution in [3.8, 4) is 28.4 Å². The van der Waals surface area contributed by atoms with Crippen molar-refractivity contribution in [1.29, 1.82) is 0 Å². The Labute approximate surface area is 159 Å². The van der Waals surface area contributed by atoms with E-state index in [9.17, 15) is 10.1 Å². The second-order valence-corrected chi connectivity index (χ2v) is 5.98. The smallest absolute Gasteiger partial charge is 0.277 e. The van der Waals surface area contributed by atoms with Gasteiger partial charge in [0, 0.05) is 30.1 Å². The number of methoxy groups -OCH3 is 3. The molecule has 142 valence electrons. The van der Waals surface area contributed by atoms with E-state index < -0.39 is 4.92 Å². The standard InChI is InChI=1S/C19H16N4O5/c1-26-12-4-5-16(23(24)25)13(6-12)11-9-20-19-14-7-17(27-2)18(28-3)8-15(14)21-22(19)10-11/h4-10H,1-3H3. The van der Waals surface area contributed by atoms with E-state index in [0.29, 0.717) is 39.5 Å². The predicted octanol–water partition coefficient (Wildman–Crippen LogP) is 3.48. The lowest BCUT2D eigenvalue weighted by atomic mass is 10.1. The molecule has 9 nitrogen and oxygen atoms in total. The Hall–Kier alpha value is -3.88. The van der Waals surface area contributed by atoms with Crippen molar-refractivity contribution < 1.29 is 19.1 Å². The van der Waals surface area contributed by atoms with Gasteiger partial charge in [-0.3, -0.25) is 10.1 Å². The first-order chi connectivity index (χ1) is 13.5. The minimum Gasteiger partial charge on any atom is -0.497 e. The van der Waals surface area contributed by atoms with Gasteiger partial charge in [0.25, 0.3) is 5.69 Å². The number of nitro groups is 1. The van der Waals surface area contributed by atoms with Gasteiger partial charge in [0.05, 0.1) is 42.7 Å². The van der Waals surface area contributed by atoms with Gasteiger partial charge in [-0.25, -0.2) is 9.50 Å². The van der Waals surface area contributed by atoms with Crippen LogP contribution in [0.3, 0.4) is 0 Å². The number of hydrogen-bond donors (Lipinski definition) is 0. The van der Waals surface area contributed by atoms with Crippen LogP contribution in [0.5, 0.6) is 17.2 Å². The Morgan fingerprint density at radius 2 is 1.79 bits per heavy atom. The highest BCUT2D eigenvalue weighted by Gasteiger charge is 2.19. The zero-order valence-electron chi connectivity index (χ0n) is 15.4. The fourth-order valence-corrected chi connectivity index (χ4v) is 3.10. The van der Waals surface area contributed by atoms with Crippen LogP contribution < -0.4 is 14.2 Å². The van der Waals surface area contributed by atoms with E-state index in [0.717, 1.165) is 5.39 Å². The molecule has 2 aromatic carbocycles. The average Bonchev–Trinajstić information content (AvgIpc) is 3.08. The van der Waals surface area contributed by atoms with Gasteiger partial charge in [0.2, 0.25) is 0 Å². The summed E-state index contributed by atoms with van der Waals surface area (Å²) in [6, 6.07) is 8.13. The highest BCUT2D eigenvalue weighted by molar-refractivity contribution is 5.94. The summed E-state index contributed by atoms with van der Waals surface area (Å²) in [5.74, 6) is 1.64. The Morgan fingerprint density at radius 1 is 1.04 bits per heavy atom. The van der Waals surface area contributed by atoms with Crippen LogP contribution in [0.15, 0.2) is 42.7 Å². The number of aromatic nitrogens is 3. The first kappa shape index (κ1) is 17.5. The molecule has 0 spiro atoms. The molecule has 2 aromatic heterocycles. The Bertz CT molecular complexity index is 1220. The summed E-state index contributed by atoms with van der Waals surface area (Å²) < 4.78 is 17.5. The Kier molecular flexibility index (Phi) is 4.19. The van der Waals surface area contributed by atoms with Crippen LogP contribution in [0, 0.1) is 10.1 Å². The van der Waals surface area contributed by atoms with Gasteiger partial charge >= 0.3 is 0 Å². The van der Waals surface area contributed by atoms with Crippen LogP contribution in [-0.2, 0) is 0 Å². The number of ether oxygens (including phenoxy) is 3. The van der Waals surface area contributed by atoms with Gasteiger partial charge in [0.15, 0.2) is 17.1 Å². The first-order valence-electron chi connectivity index (χ1n) is 8.28. The molecule has 28 heavy (non-hydrogen) atoms. The lowest BCUT2D eigenvalue weighted by Gasteiger charge is -2.07. The summed E-state index contributed by atoms with van der Waals surface area (Å²) >= 11 is 0. The minimum absolute atomic E-state index is 0.0398. The summed E-state index contributed by atoms with van der Waals surface area (Å²) in [4.78, 5) is 15.5. The van der Waals surface area contributed by atoms with E-state index >= 15 is 0 Å². The lowest BCUT2D eigenvalue weighted by Crippen LogP contribution is -1.96. The molecule has 0 bridgehead atoms. The third kappa shape index (κ3) is 2.73. The molecule has 2 heterocycles. The molecule has 0 radical (unpaired) electrons. The van der Waals surface area contributed by atoms with Gasteiger partial charge in [0.1, 0.15) is 5.75 Å². The monoisotopic (exact) mass is 380 g/mol. The van der Waals surface area contributed by atoms with Crippen molar-refractivity contribution in [1.82, 2.24) is 14.6 Å². The number of fused-ring (bicyclic) bond motifs is 3. The molecule has 0 fully saturated rings. The van der Waals surface area contributed by atoms with E-state index in [4.69, 9.17) is 14.2 Å². The summed E-state index contributed by atoms with van der Waals surface area (Å²) in [5.41, 5.74) is 2.17. The van der Waals surface area contributed by atoms with E-state index in [2.05, 4.69) is 10.1 Å². The van der Waals surface area contributed by atoms with Gasteiger partial charge in [-0.1, -0.05) is 0 Å². The molecule has 0 aliphatic heterocycles. The van der Waals surface area contributed by atoms with Gasteiger partial charge in [-0.05, 0) is 18.2 Å². The van der Waals surface area contributed by atoms with Crippen molar-refractivity contribution in [2.45, 2.75) is 0 Å². The number of rotatable bonds is 5. The molecule has 9 heteroatoms. The van der Waals surface area contributed by atoms with Crippen molar-refractivity contribution in [2.24, 2.45) is 0 Å². The Balaban J connectivity index is 1.94. The van der Waals surface area contributed by atoms with Crippen LogP contribution in [0.25, 0.3) is 27.7 Å². The first-order valence-corrected chi connectivity index (χ1v) is 8.28. The van der Waals surface area contributed by atoms with Crippen molar-refractivity contribution in [2.75, 3.05) is 21.3 Å².